The summed E-state index contributed by atoms with van der Waals surface area (Å²) in [7, 11) is 0. The lowest BCUT2D eigenvalue weighted by atomic mass is 9.93. The zero-order chi connectivity index (χ0) is 19.0. The zero-order valence-corrected chi connectivity index (χ0v) is 17.4. The fourth-order valence-electron chi connectivity index (χ4n) is 3.29. The molecule has 1 aliphatic rings. The van der Waals surface area contributed by atoms with Crippen molar-refractivity contribution in [3.63, 3.8) is 0 Å². The Hall–Kier alpha value is -1.70. The second-order valence-electron chi connectivity index (χ2n) is 7.88. The molecule has 1 heterocycles. The summed E-state index contributed by atoms with van der Waals surface area (Å²) in [6.45, 7) is 11.6. The molecule has 0 bridgehead atoms. The van der Waals surface area contributed by atoms with Gasteiger partial charge in [0, 0.05) is 0 Å². The lowest BCUT2D eigenvalue weighted by Crippen LogP contribution is -2.31. The minimum Gasteiger partial charge on any atom is -0.493 e. The molecule has 0 aliphatic carbocycles. The van der Waals surface area contributed by atoms with Crippen LogP contribution in [0.4, 0.5) is 0 Å². The highest BCUT2D eigenvalue weighted by molar-refractivity contribution is 5.68. The molecule has 2 nitrogen and oxygen atoms in total. The molecule has 1 aromatic rings. The summed E-state index contributed by atoms with van der Waals surface area (Å²) in [6.07, 6.45) is 14.5. The van der Waals surface area contributed by atoms with Gasteiger partial charge in [-0.25, -0.2) is 0 Å². The van der Waals surface area contributed by atoms with E-state index in [1.807, 2.05) is 0 Å². The molecule has 0 saturated heterocycles. The van der Waals surface area contributed by atoms with Gasteiger partial charge in [0.15, 0.2) is 0 Å². The fraction of sp³-hybridized carbons (Fsp3) is 0.583. The van der Waals surface area contributed by atoms with Gasteiger partial charge in [-0.2, -0.15) is 0 Å². The lowest BCUT2D eigenvalue weighted by Gasteiger charge is -2.32. The molecule has 1 aliphatic heterocycles. The third-order valence-corrected chi connectivity index (χ3v) is 4.83. The molecule has 0 aromatic heterocycles. The van der Waals surface area contributed by atoms with Crippen LogP contribution in [0.2, 0.25) is 0 Å². The third kappa shape index (κ3) is 5.93. The van der Waals surface area contributed by atoms with Crippen molar-refractivity contribution in [2.24, 2.45) is 0 Å². The van der Waals surface area contributed by atoms with Crippen LogP contribution in [0.3, 0.4) is 0 Å². The molecule has 0 N–H and O–H groups in total. The minimum atomic E-state index is -0.247. The number of benzene rings is 1. The summed E-state index contributed by atoms with van der Waals surface area (Å²) in [4.78, 5) is 0. The van der Waals surface area contributed by atoms with Gasteiger partial charge in [0.05, 0.1) is 12.2 Å². The Balaban J connectivity index is 2.22. The van der Waals surface area contributed by atoms with E-state index in [2.05, 4.69) is 65.0 Å². The van der Waals surface area contributed by atoms with Crippen LogP contribution in [0.15, 0.2) is 29.9 Å². The number of fused-ring (bicyclic) bond motifs is 1. The molecular weight excluding hydrogens is 320 g/mol. The Labute approximate surface area is 160 Å². The van der Waals surface area contributed by atoms with Gasteiger partial charge in [0.2, 0.25) is 0 Å². The van der Waals surface area contributed by atoms with Crippen LogP contribution in [0.5, 0.6) is 11.5 Å². The second-order valence-corrected chi connectivity index (χ2v) is 7.88. The van der Waals surface area contributed by atoms with Crippen LogP contribution in [0, 0.1) is 0 Å². The van der Waals surface area contributed by atoms with Crippen LogP contribution in [-0.4, -0.2) is 12.2 Å². The Morgan fingerprint density at radius 3 is 2.65 bits per heavy atom. The number of allylic oxidation sites excluding steroid dienone is 2. The first kappa shape index (κ1) is 20.6. The normalized spacial score (nSPS) is 18.2. The first-order valence-corrected chi connectivity index (χ1v) is 10.3. The number of hydrogen-bond donors (Lipinski definition) is 0. The molecule has 0 spiro atoms. The van der Waals surface area contributed by atoms with Gasteiger partial charge >= 0.3 is 0 Å². The minimum absolute atomic E-state index is 0.247. The second kappa shape index (κ2) is 9.85. The summed E-state index contributed by atoms with van der Waals surface area (Å²) in [5.41, 5.74) is 3.54. The molecular formula is C24H36O2. The van der Waals surface area contributed by atoms with E-state index in [0.717, 1.165) is 49.4 Å². The molecule has 1 aromatic carbocycles. The van der Waals surface area contributed by atoms with Crippen LogP contribution in [-0.2, 0) is 6.42 Å². The van der Waals surface area contributed by atoms with Crippen molar-refractivity contribution >= 4 is 6.08 Å². The van der Waals surface area contributed by atoms with E-state index in [9.17, 15) is 0 Å². The van der Waals surface area contributed by atoms with Gasteiger partial charge in [-0.05, 0) is 82.7 Å². The molecule has 1 unspecified atom stereocenters. The van der Waals surface area contributed by atoms with Crippen LogP contribution >= 0.6 is 0 Å². The summed E-state index contributed by atoms with van der Waals surface area (Å²) >= 11 is 0. The summed E-state index contributed by atoms with van der Waals surface area (Å²) in [6, 6.07) is 4.44. The predicted octanol–water partition coefficient (Wildman–Crippen LogP) is 7.12. The lowest BCUT2D eigenvalue weighted by molar-refractivity contribution is 0.128. The number of aryl methyl sites for hydroxylation is 1. The van der Waals surface area contributed by atoms with Crippen LogP contribution in [0.1, 0.15) is 84.3 Å². The number of ether oxygens (including phenoxy) is 2. The molecule has 26 heavy (non-hydrogen) atoms. The average Bonchev–Trinajstić information content (AvgIpc) is 2.59. The predicted molar refractivity (Wildman–Crippen MR) is 112 cm³/mol. The van der Waals surface area contributed by atoms with Crippen LogP contribution < -0.4 is 9.47 Å². The smallest absolute Gasteiger partial charge is 0.131 e. The van der Waals surface area contributed by atoms with Crippen molar-refractivity contribution in [1.29, 1.82) is 0 Å². The van der Waals surface area contributed by atoms with Crippen molar-refractivity contribution in [2.45, 2.75) is 85.2 Å². The standard InChI is InChI=1S/C24H36O2/c1-6-8-9-12-20-17-22(25-16-7-2)21-13-15-24(5,26-23(21)18-20)14-10-11-19(3)4/h11,13,15,17-18H,6-10,12,14,16H2,1-5H3. The zero-order valence-electron chi connectivity index (χ0n) is 17.4. The highest BCUT2D eigenvalue weighted by Crippen LogP contribution is 2.40. The molecule has 0 fully saturated rings. The first-order chi connectivity index (χ1) is 12.5. The van der Waals surface area contributed by atoms with E-state index in [0.29, 0.717) is 0 Å². The van der Waals surface area contributed by atoms with Crippen LogP contribution in [0.25, 0.3) is 6.08 Å². The Kier molecular flexibility index (Phi) is 7.81. The van der Waals surface area contributed by atoms with Crippen molar-refractivity contribution in [3.8, 4) is 11.5 Å². The van der Waals surface area contributed by atoms with Gasteiger partial charge in [0.25, 0.3) is 0 Å². The van der Waals surface area contributed by atoms with Crippen molar-refractivity contribution in [3.05, 3.63) is 41.0 Å². The molecule has 1 atom stereocenters. The van der Waals surface area contributed by atoms with E-state index in [4.69, 9.17) is 9.47 Å². The molecule has 2 rings (SSSR count). The molecule has 2 heteroatoms. The molecule has 0 saturated carbocycles. The van der Waals surface area contributed by atoms with E-state index >= 15 is 0 Å². The van der Waals surface area contributed by atoms with E-state index in [1.165, 1.54) is 30.4 Å². The molecule has 0 amide bonds. The average molecular weight is 357 g/mol. The maximum Gasteiger partial charge on any atom is 0.131 e. The van der Waals surface area contributed by atoms with Gasteiger partial charge in [-0.15, -0.1) is 0 Å². The SMILES string of the molecule is CCCCCc1cc(OCCC)c2c(c1)OC(C)(CCC=C(C)C)C=C2. The largest absolute Gasteiger partial charge is 0.493 e. The van der Waals surface area contributed by atoms with Gasteiger partial charge in [0.1, 0.15) is 17.1 Å². The Morgan fingerprint density at radius 1 is 1.15 bits per heavy atom. The van der Waals surface area contributed by atoms with E-state index < -0.39 is 0 Å². The molecule has 0 radical (unpaired) electrons. The van der Waals surface area contributed by atoms with Crippen molar-refractivity contribution in [2.75, 3.05) is 6.61 Å². The maximum atomic E-state index is 6.47. The molecule has 144 valence electrons. The Morgan fingerprint density at radius 2 is 1.96 bits per heavy atom. The van der Waals surface area contributed by atoms with Gasteiger partial charge in [-0.3, -0.25) is 0 Å². The summed E-state index contributed by atoms with van der Waals surface area (Å²) in [5, 5.41) is 0. The number of unbranched alkanes of at least 4 members (excludes halogenated alkanes) is 2. The highest BCUT2D eigenvalue weighted by atomic mass is 16.5. The van der Waals surface area contributed by atoms with Gasteiger partial charge < -0.3 is 9.47 Å². The Bertz CT molecular complexity index is 638. The highest BCUT2D eigenvalue weighted by Gasteiger charge is 2.28. The monoisotopic (exact) mass is 356 g/mol. The maximum absolute atomic E-state index is 6.47. The fourth-order valence-corrected chi connectivity index (χ4v) is 3.29. The number of hydrogen-bond acceptors (Lipinski definition) is 2. The van der Waals surface area contributed by atoms with Crippen molar-refractivity contribution < 1.29 is 9.47 Å². The first-order valence-electron chi connectivity index (χ1n) is 10.3. The quantitative estimate of drug-likeness (QED) is 0.328. The third-order valence-electron chi connectivity index (χ3n) is 4.83. The van der Waals surface area contributed by atoms with E-state index in [-0.39, 0.29) is 5.60 Å². The number of rotatable bonds is 10. The van der Waals surface area contributed by atoms with Crippen molar-refractivity contribution in [1.82, 2.24) is 0 Å². The summed E-state index contributed by atoms with van der Waals surface area (Å²) in [5.74, 6) is 1.95. The van der Waals surface area contributed by atoms with E-state index in [1.54, 1.807) is 0 Å². The summed E-state index contributed by atoms with van der Waals surface area (Å²) < 4.78 is 12.5. The van der Waals surface area contributed by atoms with Gasteiger partial charge in [-0.1, -0.05) is 38.3 Å². The topological polar surface area (TPSA) is 18.5 Å².